The Morgan fingerprint density at radius 2 is 1.00 bits per heavy atom. The Morgan fingerprint density at radius 3 is 1.10 bits per heavy atom. The molecule has 0 rings (SSSR count). The summed E-state index contributed by atoms with van der Waals surface area (Å²) in [5, 5.41) is 0. The van der Waals surface area contributed by atoms with Crippen molar-refractivity contribution < 1.29 is 0 Å². The van der Waals surface area contributed by atoms with Gasteiger partial charge >= 0.3 is 0 Å². The van der Waals surface area contributed by atoms with Gasteiger partial charge in [0.05, 0.1) is 0 Å². The Balaban J connectivity index is 0. The Kier molecular flexibility index (Phi) is 10.9. The molecule has 0 saturated heterocycles. The molecule has 0 spiro atoms. The molecule has 0 unspecified atom stereocenters. The maximum absolute atomic E-state index is 2.21. The maximum atomic E-state index is 2.21. The minimum atomic E-state index is 1.21. The van der Waals surface area contributed by atoms with E-state index in [9.17, 15) is 0 Å². The molecule has 0 saturated carbocycles. The van der Waals surface area contributed by atoms with Gasteiger partial charge in [0.25, 0.3) is 0 Å². The summed E-state index contributed by atoms with van der Waals surface area (Å²) >= 11 is 0. The highest BCUT2D eigenvalue weighted by atomic mass is 13.9. The molecule has 0 radical (unpaired) electrons. The van der Waals surface area contributed by atoms with Crippen LogP contribution in [0.4, 0.5) is 0 Å². The van der Waals surface area contributed by atoms with Gasteiger partial charge in [-0.15, -0.1) is 0 Å². The first-order valence-electron chi connectivity index (χ1n) is 4.37. The summed E-state index contributed by atoms with van der Waals surface area (Å²) in [6.07, 6.45) is 2.42. The normalized spacial score (nSPS) is 11.4. The zero-order valence-corrected chi connectivity index (χ0v) is 8.41. The molecule has 0 aromatic carbocycles. The van der Waals surface area contributed by atoms with Gasteiger partial charge in [-0.05, 0) is 26.7 Å². The second kappa shape index (κ2) is 8.74. The van der Waals surface area contributed by atoms with Crippen molar-refractivity contribution in [3.63, 3.8) is 0 Å². The summed E-state index contributed by atoms with van der Waals surface area (Å²) in [7, 11) is 0. The van der Waals surface area contributed by atoms with Crippen LogP contribution in [0.25, 0.3) is 0 Å². The summed E-state index contributed by atoms with van der Waals surface area (Å²) in [6, 6.07) is 0. The zero-order chi connectivity index (χ0) is 8.57. The van der Waals surface area contributed by atoms with Crippen LogP contribution in [0.3, 0.4) is 0 Å². The first kappa shape index (κ1) is 12.4. The molecule has 62 valence electrons. The van der Waals surface area contributed by atoms with Gasteiger partial charge in [-0.2, -0.15) is 0 Å². The standard InChI is InChI=1S/C8H16.C2H6/c1-5-7(3)8(4)6-2;1-2/h5-6H2,1-4H3;1-2H3/b8-7-;. The third kappa shape index (κ3) is 5.87. The van der Waals surface area contributed by atoms with Crippen LogP contribution in [0, 0.1) is 0 Å². The van der Waals surface area contributed by atoms with Crippen molar-refractivity contribution >= 4 is 0 Å². The predicted octanol–water partition coefficient (Wildman–Crippen LogP) is 4.17. The third-order valence-corrected chi connectivity index (χ3v) is 1.79. The van der Waals surface area contributed by atoms with Crippen molar-refractivity contribution in [1.29, 1.82) is 0 Å². The highest BCUT2D eigenvalue weighted by Gasteiger charge is 1.88. The highest BCUT2D eigenvalue weighted by Crippen LogP contribution is 2.09. The lowest BCUT2D eigenvalue weighted by atomic mass is 10.1. The summed E-state index contributed by atoms with van der Waals surface area (Å²) < 4.78 is 0. The molecule has 0 atom stereocenters. The van der Waals surface area contributed by atoms with Crippen molar-refractivity contribution in [1.82, 2.24) is 0 Å². The van der Waals surface area contributed by atoms with Gasteiger partial charge in [-0.3, -0.25) is 0 Å². The van der Waals surface area contributed by atoms with E-state index < -0.39 is 0 Å². The lowest BCUT2D eigenvalue weighted by Gasteiger charge is -1.99. The number of hydrogen-bond acceptors (Lipinski definition) is 0. The summed E-state index contributed by atoms with van der Waals surface area (Å²) in [5.74, 6) is 0. The smallest absolute Gasteiger partial charge is 0.0349 e. The minimum Gasteiger partial charge on any atom is -0.0747 e. The van der Waals surface area contributed by atoms with Crippen LogP contribution in [0.1, 0.15) is 54.4 Å². The molecular formula is C10H22. The topological polar surface area (TPSA) is 0 Å². The van der Waals surface area contributed by atoms with Crippen LogP contribution in [-0.4, -0.2) is 0 Å². The van der Waals surface area contributed by atoms with Gasteiger partial charge in [0.1, 0.15) is 0 Å². The second-order valence-electron chi connectivity index (χ2n) is 2.27. The van der Waals surface area contributed by atoms with Gasteiger partial charge < -0.3 is 0 Å². The van der Waals surface area contributed by atoms with Gasteiger partial charge in [-0.1, -0.05) is 38.8 Å². The van der Waals surface area contributed by atoms with Crippen LogP contribution in [0.5, 0.6) is 0 Å². The fraction of sp³-hybridized carbons (Fsp3) is 0.800. The van der Waals surface area contributed by atoms with Crippen LogP contribution in [0.15, 0.2) is 11.1 Å². The molecule has 0 bridgehead atoms. The highest BCUT2D eigenvalue weighted by molar-refractivity contribution is 5.07. The monoisotopic (exact) mass is 142 g/mol. The Bertz CT molecular complexity index is 76.2. The van der Waals surface area contributed by atoms with Gasteiger partial charge in [-0.25, -0.2) is 0 Å². The first-order valence-corrected chi connectivity index (χ1v) is 4.37. The SMILES string of the molecule is CC.CC/C(C)=C(/C)CC. The number of allylic oxidation sites excluding steroid dienone is 2. The summed E-state index contributed by atoms with van der Waals surface area (Å²) in [4.78, 5) is 0. The van der Waals surface area contributed by atoms with Gasteiger partial charge in [0.2, 0.25) is 0 Å². The Hall–Kier alpha value is -0.260. The molecule has 0 heteroatoms. The van der Waals surface area contributed by atoms with Crippen LogP contribution >= 0.6 is 0 Å². The lowest BCUT2D eigenvalue weighted by Crippen LogP contribution is -1.78. The van der Waals surface area contributed by atoms with E-state index in [1.807, 2.05) is 13.8 Å². The number of hydrogen-bond donors (Lipinski definition) is 0. The molecular weight excluding hydrogens is 120 g/mol. The van der Waals surface area contributed by atoms with Gasteiger partial charge in [0, 0.05) is 0 Å². The van der Waals surface area contributed by atoms with E-state index in [1.54, 1.807) is 11.1 Å². The molecule has 0 N–H and O–H groups in total. The van der Waals surface area contributed by atoms with E-state index in [1.165, 1.54) is 12.8 Å². The molecule has 0 fully saturated rings. The minimum absolute atomic E-state index is 1.21. The molecule has 0 aromatic heterocycles. The fourth-order valence-corrected chi connectivity index (χ4v) is 0.604. The third-order valence-electron chi connectivity index (χ3n) is 1.79. The van der Waals surface area contributed by atoms with Crippen LogP contribution in [0.2, 0.25) is 0 Å². The zero-order valence-electron chi connectivity index (χ0n) is 8.41. The molecule has 0 aliphatic carbocycles. The second-order valence-corrected chi connectivity index (χ2v) is 2.27. The molecule has 0 aromatic rings. The summed E-state index contributed by atoms with van der Waals surface area (Å²) in [6.45, 7) is 12.8. The van der Waals surface area contributed by atoms with E-state index in [4.69, 9.17) is 0 Å². The fourth-order valence-electron chi connectivity index (χ4n) is 0.604. The Morgan fingerprint density at radius 1 is 0.800 bits per heavy atom. The van der Waals surface area contributed by atoms with Crippen molar-refractivity contribution in [3.05, 3.63) is 11.1 Å². The quantitative estimate of drug-likeness (QED) is 0.508. The summed E-state index contributed by atoms with van der Waals surface area (Å²) in [5.41, 5.74) is 3.10. The average molecular weight is 142 g/mol. The number of rotatable bonds is 2. The largest absolute Gasteiger partial charge is 0.0747 e. The van der Waals surface area contributed by atoms with Gasteiger partial charge in [0.15, 0.2) is 0 Å². The molecule has 0 aliphatic heterocycles. The first-order chi connectivity index (χ1) is 4.72. The maximum Gasteiger partial charge on any atom is -0.0349 e. The van der Waals surface area contributed by atoms with E-state index in [0.717, 1.165) is 0 Å². The van der Waals surface area contributed by atoms with E-state index >= 15 is 0 Å². The Labute approximate surface area is 66.3 Å². The molecule has 10 heavy (non-hydrogen) atoms. The van der Waals surface area contributed by atoms with Crippen molar-refractivity contribution in [2.24, 2.45) is 0 Å². The average Bonchev–Trinajstić information content (AvgIpc) is 2.05. The van der Waals surface area contributed by atoms with Crippen molar-refractivity contribution in [2.45, 2.75) is 54.4 Å². The van der Waals surface area contributed by atoms with Crippen molar-refractivity contribution in [2.75, 3.05) is 0 Å². The molecule has 0 amide bonds. The van der Waals surface area contributed by atoms with Crippen LogP contribution < -0.4 is 0 Å². The predicted molar refractivity (Wildman–Crippen MR) is 50.3 cm³/mol. The van der Waals surface area contributed by atoms with Crippen molar-refractivity contribution in [3.8, 4) is 0 Å². The van der Waals surface area contributed by atoms with E-state index in [-0.39, 0.29) is 0 Å². The molecule has 0 aliphatic rings. The van der Waals surface area contributed by atoms with E-state index in [2.05, 4.69) is 27.7 Å². The molecule has 0 heterocycles. The van der Waals surface area contributed by atoms with Crippen LogP contribution in [-0.2, 0) is 0 Å². The lowest BCUT2D eigenvalue weighted by molar-refractivity contribution is 0.985. The molecule has 0 nitrogen and oxygen atoms in total. The van der Waals surface area contributed by atoms with E-state index in [0.29, 0.717) is 0 Å².